The van der Waals surface area contributed by atoms with E-state index in [9.17, 15) is 9.18 Å². The highest BCUT2D eigenvalue weighted by Crippen LogP contribution is 2.21. The van der Waals surface area contributed by atoms with Crippen LogP contribution < -0.4 is 10.2 Å². The Kier molecular flexibility index (Phi) is 6.26. The fourth-order valence-electron chi connectivity index (χ4n) is 2.89. The lowest BCUT2D eigenvalue weighted by atomic mass is 10.2. The number of anilines is 2. The van der Waals surface area contributed by atoms with Gasteiger partial charge in [-0.05, 0) is 53.2 Å². The van der Waals surface area contributed by atoms with Gasteiger partial charge in [-0.1, -0.05) is 15.9 Å². The predicted molar refractivity (Wildman–Crippen MR) is 108 cm³/mol. The lowest BCUT2D eigenvalue weighted by Crippen LogP contribution is -2.53. The highest BCUT2D eigenvalue weighted by atomic mass is 79.9. The van der Waals surface area contributed by atoms with E-state index in [4.69, 9.17) is 0 Å². The molecule has 1 aromatic heterocycles. The van der Waals surface area contributed by atoms with Gasteiger partial charge in [-0.25, -0.2) is 9.37 Å². The van der Waals surface area contributed by atoms with Crippen LogP contribution >= 0.6 is 31.9 Å². The maximum Gasteiger partial charge on any atom is 0.241 e. The molecule has 1 aliphatic rings. The van der Waals surface area contributed by atoms with Gasteiger partial charge in [0.1, 0.15) is 11.6 Å². The highest BCUT2D eigenvalue weighted by Gasteiger charge is 2.26. The molecule has 1 N–H and O–H groups in total. The van der Waals surface area contributed by atoms with Gasteiger partial charge in [0, 0.05) is 41.3 Å². The summed E-state index contributed by atoms with van der Waals surface area (Å²) in [6.07, 6.45) is 1.78. The van der Waals surface area contributed by atoms with E-state index in [1.165, 1.54) is 6.07 Å². The zero-order valence-corrected chi connectivity index (χ0v) is 17.4. The second kappa shape index (κ2) is 8.45. The minimum atomic E-state index is -0.453. The fourth-order valence-corrected chi connectivity index (χ4v) is 3.45. The van der Waals surface area contributed by atoms with Gasteiger partial charge in [-0.2, -0.15) is 0 Å². The zero-order chi connectivity index (χ0) is 18.7. The summed E-state index contributed by atoms with van der Waals surface area (Å²) in [6, 6.07) is 8.21. The van der Waals surface area contributed by atoms with Crippen LogP contribution in [0.2, 0.25) is 0 Å². The quantitative estimate of drug-likeness (QED) is 0.713. The molecule has 1 saturated heterocycles. The van der Waals surface area contributed by atoms with Gasteiger partial charge in [0.05, 0.1) is 11.7 Å². The normalized spacial score (nSPS) is 16.4. The zero-order valence-electron chi connectivity index (χ0n) is 14.3. The van der Waals surface area contributed by atoms with E-state index < -0.39 is 5.82 Å². The number of nitrogens with zero attached hydrogens (tertiary/aromatic N) is 3. The molecule has 0 spiro atoms. The first-order valence-corrected chi connectivity index (χ1v) is 9.89. The first kappa shape index (κ1) is 19.3. The van der Waals surface area contributed by atoms with E-state index in [1.807, 2.05) is 19.1 Å². The summed E-state index contributed by atoms with van der Waals surface area (Å²) < 4.78 is 15.5. The molecule has 8 heteroatoms. The maximum atomic E-state index is 13.9. The minimum Gasteiger partial charge on any atom is -0.354 e. The van der Waals surface area contributed by atoms with Crippen LogP contribution in [0.25, 0.3) is 0 Å². The molecule has 0 saturated carbocycles. The van der Waals surface area contributed by atoms with Gasteiger partial charge in [0.2, 0.25) is 5.91 Å². The molecule has 3 rings (SSSR count). The van der Waals surface area contributed by atoms with E-state index in [0.29, 0.717) is 4.47 Å². The maximum absolute atomic E-state index is 13.9. The molecule has 1 fully saturated rings. The first-order valence-electron chi connectivity index (χ1n) is 8.30. The van der Waals surface area contributed by atoms with Crippen molar-refractivity contribution in [3.63, 3.8) is 0 Å². The van der Waals surface area contributed by atoms with Crippen molar-refractivity contribution in [2.24, 2.45) is 0 Å². The average Bonchev–Trinajstić information content (AvgIpc) is 2.64. The summed E-state index contributed by atoms with van der Waals surface area (Å²) >= 11 is 6.60. The van der Waals surface area contributed by atoms with Crippen LogP contribution in [0.1, 0.15) is 6.92 Å². The summed E-state index contributed by atoms with van der Waals surface area (Å²) in [5.74, 6) is 0.273. The summed E-state index contributed by atoms with van der Waals surface area (Å²) in [7, 11) is 0. The van der Waals surface area contributed by atoms with Crippen molar-refractivity contribution in [3.8, 4) is 0 Å². The number of halogens is 3. The third-order valence-corrected chi connectivity index (χ3v) is 5.43. The molecule has 1 aromatic carbocycles. The van der Waals surface area contributed by atoms with Gasteiger partial charge in [0.15, 0.2) is 0 Å². The molecule has 2 heterocycles. The van der Waals surface area contributed by atoms with E-state index in [2.05, 4.69) is 52.0 Å². The Morgan fingerprint density at radius 1 is 1.15 bits per heavy atom. The van der Waals surface area contributed by atoms with Crippen LogP contribution in [0.4, 0.5) is 15.9 Å². The third-order valence-electron chi connectivity index (χ3n) is 4.47. The number of hydrogen-bond donors (Lipinski definition) is 1. The Hall–Kier alpha value is -1.51. The molecule has 0 bridgehead atoms. The number of pyridine rings is 1. The molecule has 1 aliphatic heterocycles. The van der Waals surface area contributed by atoms with Crippen LogP contribution in [-0.4, -0.2) is 48.0 Å². The van der Waals surface area contributed by atoms with Crippen molar-refractivity contribution in [1.29, 1.82) is 0 Å². The third kappa shape index (κ3) is 4.61. The molecular weight excluding hydrogens is 467 g/mol. The largest absolute Gasteiger partial charge is 0.354 e. The molecule has 2 aromatic rings. The molecule has 1 unspecified atom stereocenters. The fraction of sp³-hybridized carbons (Fsp3) is 0.333. The van der Waals surface area contributed by atoms with Crippen molar-refractivity contribution in [3.05, 3.63) is 51.3 Å². The van der Waals surface area contributed by atoms with Crippen LogP contribution in [0, 0.1) is 5.82 Å². The Bertz CT molecular complexity index is 779. The topological polar surface area (TPSA) is 48.5 Å². The van der Waals surface area contributed by atoms with Crippen molar-refractivity contribution < 1.29 is 9.18 Å². The lowest BCUT2D eigenvalue weighted by Gasteiger charge is -2.38. The Morgan fingerprint density at radius 3 is 2.46 bits per heavy atom. The number of nitrogens with one attached hydrogen (secondary N) is 1. The summed E-state index contributed by atoms with van der Waals surface area (Å²) in [5, 5.41) is 2.68. The van der Waals surface area contributed by atoms with E-state index in [0.717, 1.165) is 36.5 Å². The molecule has 1 amide bonds. The smallest absolute Gasteiger partial charge is 0.241 e. The standard InChI is InChI=1S/C18H19Br2FN4O/c1-12(18(26)23-16-4-2-13(19)10-15(16)21)24-6-8-25(9-7-24)17-5-3-14(20)11-22-17/h2-5,10-12H,6-9H2,1H3,(H,23,26). The molecule has 0 aliphatic carbocycles. The molecule has 1 atom stereocenters. The van der Waals surface area contributed by atoms with Gasteiger partial charge < -0.3 is 10.2 Å². The van der Waals surface area contributed by atoms with Gasteiger partial charge in [-0.15, -0.1) is 0 Å². The lowest BCUT2D eigenvalue weighted by molar-refractivity contribution is -0.120. The number of piperazine rings is 1. The van der Waals surface area contributed by atoms with Crippen LogP contribution in [-0.2, 0) is 4.79 Å². The van der Waals surface area contributed by atoms with E-state index in [-0.39, 0.29) is 17.6 Å². The van der Waals surface area contributed by atoms with Crippen molar-refractivity contribution in [1.82, 2.24) is 9.88 Å². The summed E-state index contributed by atoms with van der Waals surface area (Å²) in [5.41, 5.74) is 0.197. The highest BCUT2D eigenvalue weighted by molar-refractivity contribution is 9.10. The van der Waals surface area contributed by atoms with E-state index >= 15 is 0 Å². The van der Waals surface area contributed by atoms with Crippen molar-refractivity contribution in [2.45, 2.75) is 13.0 Å². The summed E-state index contributed by atoms with van der Waals surface area (Å²) in [4.78, 5) is 21.2. The molecule has 26 heavy (non-hydrogen) atoms. The number of carbonyl (C=O) groups is 1. The SMILES string of the molecule is CC(C(=O)Nc1ccc(Br)cc1F)N1CCN(c2ccc(Br)cn2)CC1. The molecule has 138 valence electrons. The van der Waals surface area contributed by atoms with Gasteiger partial charge in [-0.3, -0.25) is 9.69 Å². The number of benzene rings is 1. The Labute approximate surface area is 168 Å². The number of hydrogen-bond acceptors (Lipinski definition) is 4. The number of amides is 1. The molecular formula is C18H19Br2FN4O. The molecule has 5 nitrogen and oxygen atoms in total. The second-order valence-corrected chi connectivity index (χ2v) is 7.98. The predicted octanol–water partition coefficient (Wildman–Crippen LogP) is 3.89. The number of carbonyl (C=O) groups excluding carboxylic acids is 1. The van der Waals surface area contributed by atoms with Gasteiger partial charge in [0.25, 0.3) is 0 Å². The minimum absolute atomic E-state index is 0.197. The second-order valence-electron chi connectivity index (χ2n) is 6.15. The first-order chi connectivity index (χ1) is 12.4. The van der Waals surface area contributed by atoms with Crippen LogP contribution in [0.5, 0.6) is 0 Å². The number of aromatic nitrogens is 1. The monoisotopic (exact) mass is 484 g/mol. The summed E-state index contributed by atoms with van der Waals surface area (Å²) in [6.45, 7) is 4.92. The Balaban J connectivity index is 1.56. The van der Waals surface area contributed by atoms with Crippen LogP contribution in [0.15, 0.2) is 45.5 Å². The average molecular weight is 486 g/mol. The van der Waals surface area contributed by atoms with Gasteiger partial charge >= 0.3 is 0 Å². The van der Waals surface area contributed by atoms with Crippen molar-refractivity contribution >= 4 is 49.3 Å². The van der Waals surface area contributed by atoms with Crippen LogP contribution in [0.3, 0.4) is 0 Å². The Morgan fingerprint density at radius 2 is 1.85 bits per heavy atom. The number of rotatable bonds is 4. The van der Waals surface area contributed by atoms with Crippen molar-refractivity contribution in [2.75, 3.05) is 36.4 Å². The van der Waals surface area contributed by atoms with E-state index in [1.54, 1.807) is 18.3 Å². The molecule has 0 radical (unpaired) electrons.